The van der Waals surface area contributed by atoms with Crippen LogP contribution in [0, 0.1) is 0 Å². The third-order valence-corrected chi connectivity index (χ3v) is 4.95. The lowest BCUT2D eigenvalue weighted by Crippen LogP contribution is -2.47. The van der Waals surface area contributed by atoms with E-state index in [-0.39, 0.29) is 6.10 Å². The normalized spacial score (nSPS) is 16.7. The minimum absolute atomic E-state index is 0.210. The van der Waals surface area contributed by atoms with Crippen molar-refractivity contribution in [3.63, 3.8) is 0 Å². The lowest BCUT2D eigenvalue weighted by Gasteiger charge is -2.23. The topological polar surface area (TPSA) is 183 Å². The van der Waals surface area contributed by atoms with E-state index in [1.54, 1.807) is 6.08 Å². The van der Waals surface area contributed by atoms with Gasteiger partial charge in [-0.2, -0.15) is 0 Å². The summed E-state index contributed by atoms with van der Waals surface area (Å²) in [4.78, 5) is 14.5. The second kappa shape index (κ2) is 17.0. The van der Waals surface area contributed by atoms with Gasteiger partial charge in [0.2, 0.25) is 0 Å². The van der Waals surface area contributed by atoms with Gasteiger partial charge in [-0.05, 0) is 25.7 Å². The van der Waals surface area contributed by atoms with Crippen molar-refractivity contribution in [3.05, 3.63) is 12.2 Å². The molecule has 0 radical (unpaired) electrons. The Bertz CT molecular complexity index is 511. The molecule has 0 heterocycles. The summed E-state index contributed by atoms with van der Waals surface area (Å²) in [6, 6.07) is -1.77. The van der Waals surface area contributed by atoms with Gasteiger partial charge in [0.1, 0.15) is 18.3 Å². The molecular formula is C21H41N3O6. The zero-order chi connectivity index (χ0) is 22.9. The Morgan fingerprint density at radius 1 is 0.900 bits per heavy atom. The van der Waals surface area contributed by atoms with Crippen molar-refractivity contribution in [3.8, 4) is 0 Å². The number of hydrogen-bond acceptors (Lipinski definition) is 6. The van der Waals surface area contributed by atoms with Crippen LogP contribution in [0.5, 0.6) is 0 Å². The lowest BCUT2D eigenvalue weighted by atomic mass is 10.0. The largest absolute Gasteiger partial charge is 0.480 e. The van der Waals surface area contributed by atoms with Crippen LogP contribution < -0.4 is 11.5 Å². The molecule has 0 aromatic carbocycles. The molecule has 0 aromatic heterocycles. The molecule has 0 spiro atoms. The number of aliphatic hydroxyl groups excluding tert-OH is 4. The van der Waals surface area contributed by atoms with E-state index in [9.17, 15) is 25.2 Å². The van der Waals surface area contributed by atoms with Gasteiger partial charge in [0.05, 0.1) is 6.10 Å². The maximum atomic E-state index is 11.1. The van der Waals surface area contributed by atoms with Crippen LogP contribution in [0.25, 0.3) is 0 Å². The quantitative estimate of drug-likeness (QED) is 0.0726. The van der Waals surface area contributed by atoms with E-state index in [1.807, 2.05) is 0 Å². The average Bonchev–Trinajstić information content (AvgIpc) is 2.69. The summed E-state index contributed by atoms with van der Waals surface area (Å²) in [5.41, 5.74) is 10.2. The predicted octanol–water partition coefficient (Wildman–Crippen LogP) is 1.02. The zero-order valence-corrected chi connectivity index (χ0v) is 18.1. The average molecular weight is 432 g/mol. The van der Waals surface area contributed by atoms with Crippen molar-refractivity contribution in [2.45, 2.75) is 108 Å². The molecule has 0 aliphatic heterocycles. The molecule has 9 nitrogen and oxygen atoms in total. The number of allylic oxidation sites excluding steroid dienone is 1. The van der Waals surface area contributed by atoms with Crippen molar-refractivity contribution in [2.24, 2.45) is 16.5 Å². The minimum atomic E-state index is -1.86. The van der Waals surface area contributed by atoms with Crippen molar-refractivity contribution < 1.29 is 30.3 Å². The number of rotatable bonds is 18. The summed E-state index contributed by atoms with van der Waals surface area (Å²) in [5.74, 6) is -2.06. The molecule has 0 saturated heterocycles. The molecule has 0 saturated carbocycles. The zero-order valence-electron chi connectivity index (χ0n) is 18.1. The highest BCUT2D eigenvalue weighted by Gasteiger charge is 2.35. The standard InChI is InChI=1S/C21H41N3O6/c1-2-3-4-9-12-15(25)13-10-7-5-6-8-11-14-16(26)18(27)19(28)17(20(29)30)24-21(22)23/h11,14-19,25-28H,2-10,12-13H2,1H3,(H,29,30)(H4,22,23,24)/b14-11+/t15?,16-,17-,18+,19+/m0/s1. The highest BCUT2D eigenvalue weighted by atomic mass is 16.4. The number of guanidine groups is 1. The first-order valence-corrected chi connectivity index (χ1v) is 10.9. The maximum absolute atomic E-state index is 11.1. The number of carboxylic acids is 1. The smallest absolute Gasteiger partial charge is 0.331 e. The molecule has 0 amide bonds. The van der Waals surface area contributed by atoms with Crippen LogP contribution in [0.1, 0.15) is 77.6 Å². The fourth-order valence-corrected chi connectivity index (χ4v) is 3.12. The number of nitrogens with two attached hydrogens (primary N) is 2. The van der Waals surface area contributed by atoms with E-state index < -0.39 is 36.3 Å². The highest BCUT2D eigenvalue weighted by Crippen LogP contribution is 2.14. The van der Waals surface area contributed by atoms with Gasteiger partial charge in [0, 0.05) is 0 Å². The number of carbonyl (C=O) groups is 1. The number of aliphatic hydroxyl groups is 4. The molecule has 1 unspecified atom stereocenters. The first kappa shape index (κ1) is 28.3. The van der Waals surface area contributed by atoms with Crippen LogP contribution >= 0.6 is 0 Å². The molecule has 0 fully saturated rings. The van der Waals surface area contributed by atoms with Gasteiger partial charge in [-0.25, -0.2) is 9.79 Å². The molecule has 9 N–H and O–H groups in total. The molecule has 30 heavy (non-hydrogen) atoms. The Labute approximate surface area is 179 Å². The highest BCUT2D eigenvalue weighted by molar-refractivity contribution is 5.82. The third-order valence-electron chi connectivity index (χ3n) is 4.95. The Morgan fingerprint density at radius 3 is 2.00 bits per heavy atom. The number of unbranched alkanes of at least 4 members (excludes halogenated alkanes) is 7. The number of hydrogen-bond donors (Lipinski definition) is 7. The summed E-state index contributed by atoms with van der Waals surface area (Å²) >= 11 is 0. The van der Waals surface area contributed by atoms with E-state index >= 15 is 0 Å². The Hall–Kier alpha value is -1.68. The van der Waals surface area contributed by atoms with Crippen molar-refractivity contribution in [2.75, 3.05) is 0 Å². The van der Waals surface area contributed by atoms with Crippen molar-refractivity contribution in [1.82, 2.24) is 0 Å². The van der Waals surface area contributed by atoms with Gasteiger partial charge in [-0.3, -0.25) is 0 Å². The number of aliphatic imine (C=N–C) groups is 1. The first-order chi connectivity index (χ1) is 14.2. The number of carboxylic acid groups (broad SMARTS) is 1. The van der Waals surface area contributed by atoms with Crippen LogP contribution in [-0.2, 0) is 4.79 Å². The van der Waals surface area contributed by atoms with Gasteiger partial charge in [0.25, 0.3) is 0 Å². The number of aliphatic carboxylic acids is 1. The second-order valence-electron chi connectivity index (χ2n) is 7.73. The van der Waals surface area contributed by atoms with Crippen LogP contribution in [0.15, 0.2) is 17.1 Å². The summed E-state index contributed by atoms with van der Waals surface area (Å²) in [7, 11) is 0. The first-order valence-electron chi connectivity index (χ1n) is 10.9. The molecule has 0 aliphatic carbocycles. The fraction of sp³-hybridized carbons (Fsp3) is 0.810. The van der Waals surface area contributed by atoms with Gasteiger partial charge in [-0.1, -0.05) is 64.0 Å². The molecule has 0 aliphatic rings. The van der Waals surface area contributed by atoms with E-state index in [0.29, 0.717) is 6.42 Å². The van der Waals surface area contributed by atoms with E-state index in [2.05, 4.69) is 11.9 Å². The Kier molecular flexibility index (Phi) is 16.1. The minimum Gasteiger partial charge on any atom is -0.480 e. The van der Waals surface area contributed by atoms with E-state index in [0.717, 1.165) is 44.9 Å². The van der Waals surface area contributed by atoms with Crippen molar-refractivity contribution >= 4 is 11.9 Å². The summed E-state index contributed by atoms with van der Waals surface area (Å²) < 4.78 is 0. The molecule has 176 valence electrons. The van der Waals surface area contributed by atoms with Crippen molar-refractivity contribution in [1.29, 1.82) is 0 Å². The van der Waals surface area contributed by atoms with Crippen LogP contribution in [0.4, 0.5) is 0 Å². The molecule has 5 atom stereocenters. The van der Waals surface area contributed by atoms with Gasteiger partial charge >= 0.3 is 5.97 Å². The maximum Gasteiger partial charge on any atom is 0.331 e. The molecular weight excluding hydrogens is 390 g/mol. The van der Waals surface area contributed by atoms with Crippen LogP contribution in [0.2, 0.25) is 0 Å². The van der Waals surface area contributed by atoms with Gasteiger partial charge in [0.15, 0.2) is 12.0 Å². The van der Waals surface area contributed by atoms with E-state index in [4.69, 9.17) is 16.6 Å². The van der Waals surface area contributed by atoms with E-state index in [1.165, 1.54) is 25.3 Å². The molecule has 0 aromatic rings. The molecule has 9 heteroatoms. The number of nitrogens with zero attached hydrogens (tertiary/aromatic N) is 1. The SMILES string of the molecule is CCCCCCC(O)CCCCCC/C=C/[C@H](O)[C@@H](O)[C@H](O)[C@H](N=C(N)N)C(=O)O. The van der Waals surface area contributed by atoms with Gasteiger partial charge < -0.3 is 37.0 Å². The summed E-state index contributed by atoms with van der Waals surface area (Å²) in [6.45, 7) is 2.17. The van der Waals surface area contributed by atoms with Crippen LogP contribution in [-0.4, -0.2) is 67.9 Å². The molecule has 0 bridgehead atoms. The Morgan fingerprint density at radius 2 is 1.47 bits per heavy atom. The lowest BCUT2D eigenvalue weighted by molar-refractivity contribution is -0.144. The third kappa shape index (κ3) is 13.5. The fourth-order valence-electron chi connectivity index (χ4n) is 3.12. The molecule has 0 rings (SSSR count). The van der Waals surface area contributed by atoms with Gasteiger partial charge in [-0.15, -0.1) is 0 Å². The summed E-state index contributed by atoms with van der Waals surface area (Å²) in [5, 5.41) is 48.8. The van der Waals surface area contributed by atoms with Crippen LogP contribution in [0.3, 0.4) is 0 Å². The summed E-state index contributed by atoms with van der Waals surface area (Å²) in [6.07, 6.45) is 8.67. The Balaban J connectivity index is 4.04. The monoisotopic (exact) mass is 431 g/mol. The predicted molar refractivity (Wildman–Crippen MR) is 117 cm³/mol. The second-order valence-corrected chi connectivity index (χ2v) is 7.73.